The smallest absolute Gasteiger partial charge is 0.330 e. The summed E-state index contributed by atoms with van der Waals surface area (Å²) in [7, 11) is 3.40. The first-order chi connectivity index (χ1) is 24.6. The second-order valence-electron chi connectivity index (χ2n) is 14.3. The topological polar surface area (TPSA) is 71.1 Å². The van der Waals surface area contributed by atoms with E-state index in [0.29, 0.717) is 6.61 Å². The lowest BCUT2D eigenvalue weighted by Crippen LogP contribution is -2.57. The summed E-state index contributed by atoms with van der Waals surface area (Å²) in [4.78, 5) is 26.4. The van der Waals surface area contributed by atoms with E-state index < -0.39 is 11.3 Å². The van der Waals surface area contributed by atoms with E-state index in [1.807, 2.05) is 19.9 Å². The van der Waals surface area contributed by atoms with Gasteiger partial charge in [-0.2, -0.15) is 0 Å². The molecule has 6 heteroatoms. The number of ether oxygens (including phenoxy) is 4. The highest BCUT2D eigenvalue weighted by atomic mass is 16.5. The summed E-state index contributed by atoms with van der Waals surface area (Å²) in [5.41, 5.74) is 11.5. The van der Waals surface area contributed by atoms with Crippen LogP contribution in [0.25, 0.3) is 12.2 Å². The molecule has 0 radical (unpaired) electrons. The second kappa shape index (κ2) is 18.3. The van der Waals surface area contributed by atoms with Crippen molar-refractivity contribution in [3.8, 4) is 11.5 Å². The average molecular weight is 709 g/mol. The minimum absolute atomic E-state index is 0.144. The molecule has 52 heavy (non-hydrogen) atoms. The van der Waals surface area contributed by atoms with Crippen molar-refractivity contribution in [2.45, 2.75) is 83.1 Å². The highest BCUT2D eigenvalue weighted by molar-refractivity contribution is 5.83. The van der Waals surface area contributed by atoms with Gasteiger partial charge in [-0.25, -0.2) is 4.79 Å². The van der Waals surface area contributed by atoms with Gasteiger partial charge in [0.15, 0.2) is 0 Å². The molecule has 0 aliphatic heterocycles. The lowest BCUT2D eigenvalue weighted by atomic mass is 9.45. The summed E-state index contributed by atoms with van der Waals surface area (Å²) in [5, 5.41) is 0. The lowest BCUT2D eigenvalue weighted by Gasteiger charge is -2.57. The molecule has 4 atom stereocenters. The molecular formula is C46H60O6. The van der Waals surface area contributed by atoms with Gasteiger partial charge in [-0.1, -0.05) is 72.3 Å². The Morgan fingerprint density at radius 2 is 1.23 bits per heavy atom. The van der Waals surface area contributed by atoms with Crippen LogP contribution in [0.5, 0.6) is 11.5 Å². The zero-order valence-corrected chi connectivity index (χ0v) is 33.9. The number of aryl methyl sites for hydroxylation is 2. The van der Waals surface area contributed by atoms with E-state index in [2.05, 4.69) is 117 Å². The Balaban J connectivity index is 2.06. The van der Waals surface area contributed by atoms with E-state index in [-0.39, 0.29) is 30.4 Å². The lowest BCUT2D eigenvalue weighted by molar-refractivity contribution is -0.166. The SMILES string of the molecule is CCOC(=O)/C=C(\C)[C@H]1[C@H](/C=C(C)/C=C/c2c(C)cc(OC)c(C)c2C)[C@H](C(=O)OCC)[C@@]1(C)/C=C/C=C(C)/C=C/c1c(C)cc(OC)c(C)c1C. The molecule has 0 unspecified atom stereocenters. The fraction of sp³-hybridized carbons (Fsp3) is 0.435. The highest BCUT2D eigenvalue weighted by Gasteiger charge is 2.61. The maximum absolute atomic E-state index is 13.7. The number of hydrogen-bond acceptors (Lipinski definition) is 6. The third-order valence-corrected chi connectivity index (χ3v) is 10.7. The number of carbonyl (C=O) groups is 2. The predicted octanol–water partition coefficient (Wildman–Crippen LogP) is 10.7. The Labute approximate surface area is 313 Å². The van der Waals surface area contributed by atoms with Crippen LogP contribution in [0.1, 0.15) is 86.1 Å². The molecule has 2 aromatic rings. The summed E-state index contributed by atoms with van der Waals surface area (Å²) in [6.45, 7) is 24.9. The van der Waals surface area contributed by atoms with Gasteiger partial charge in [0, 0.05) is 11.5 Å². The van der Waals surface area contributed by atoms with Crippen molar-refractivity contribution in [1.29, 1.82) is 0 Å². The molecule has 0 aromatic heterocycles. The van der Waals surface area contributed by atoms with Crippen LogP contribution in [0, 0.1) is 64.7 Å². The Hall–Kier alpha value is -4.58. The molecule has 0 saturated heterocycles. The third-order valence-electron chi connectivity index (χ3n) is 10.7. The summed E-state index contributed by atoms with van der Waals surface area (Å²) in [6, 6.07) is 4.14. The van der Waals surface area contributed by atoms with Crippen molar-refractivity contribution in [2.75, 3.05) is 27.4 Å². The number of hydrogen-bond donors (Lipinski definition) is 0. The first-order valence-corrected chi connectivity index (χ1v) is 18.3. The normalized spacial score (nSPS) is 21.2. The maximum atomic E-state index is 13.7. The molecule has 6 nitrogen and oxygen atoms in total. The number of allylic oxidation sites excluding steroid dienone is 9. The first kappa shape index (κ1) is 41.8. The minimum Gasteiger partial charge on any atom is -0.496 e. The number of methoxy groups -OCH3 is 2. The van der Waals surface area contributed by atoms with Crippen LogP contribution < -0.4 is 9.47 Å². The Kier molecular flexibility index (Phi) is 14.7. The van der Waals surface area contributed by atoms with E-state index in [1.54, 1.807) is 27.2 Å². The van der Waals surface area contributed by atoms with Gasteiger partial charge in [0.1, 0.15) is 11.5 Å². The fourth-order valence-corrected chi connectivity index (χ4v) is 7.71. The third kappa shape index (κ3) is 9.25. The molecular weight excluding hydrogens is 649 g/mol. The Morgan fingerprint density at radius 3 is 1.71 bits per heavy atom. The van der Waals surface area contributed by atoms with E-state index in [4.69, 9.17) is 18.9 Å². The van der Waals surface area contributed by atoms with Crippen molar-refractivity contribution in [3.05, 3.63) is 116 Å². The summed E-state index contributed by atoms with van der Waals surface area (Å²) in [6.07, 6.45) is 18.4. The van der Waals surface area contributed by atoms with Crippen LogP contribution in [0.3, 0.4) is 0 Å². The number of carbonyl (C=O) groups excluding carboxylic acids is 2. The van der Waals surface area contributed by atoms with Gasteiger partial charge < -0.3 is 18.9 Å². The van der Waals surface area contributed by atoms with Gasteiger partial charge in [-0.3, -0.25) is 4.79 Å². The van der Waals surface area contributed by atoms with Gasteiger partial charge >= 0.3 is 11.9 Å². The van der Waals surface area contributed by atoms with Crippen molar-refractivity contribution >= 4 is 24.1 Å². The van der Waals surface area contributed by atoms with Gasteiger partial charge in [-0.05, 0) is 145 Å². The van der Waals surface area contributed by atoms with Crippen LogP contribution in [-0.4, -0.2) is 39.4 Å². The first-order valence-electron chi connectivity index (χ1n) is 18.3. The molecule has 1 aliphatic rings. The van der Waals surface area contributed by atoms with Gasteiger partial charge in [-0.15, -0.1) is 0 Å². The van der Waals surface area contributed by atoms with Crippen LogP contribution in [-0.2, 0) is 19.1 Å². The summed E-state index contributed by atoms with van der Waals surface area (Å²) in [5.74, 6) is 0.353. The second-order valence-corrected chi connectivity index (χ2v) is 14.3. The van der Waals surface area contributed by atoms with Gasteiger partial charge in [0.2, 0.25) is 0 Å². The zero-order chi connectivity index (χ0) is 38.9. The molecule has 1 fully saturated rings. The van der Waals surface area contributed by atoms with E-state index in [9.17, 15) is 9.59 Å². The van der Waals surface area contributed by atoms with Gasteiger partial charge in [0.25, 0.3) is 0 Å². The van der Waals surface area contributed by atoms with Crippen molar-refractivity contribution in [3.63, 3.8) is 0 Å². The molecule has 0 amide bonds. The summed E-state index contributed by atoms with van der Waals surface area (Å²) < 4.78 is 22.1. The standard InChI is InChI=1S/C46H60O6/c1-15-51-42(47)27-32(7)43-39(24-29(4)20-22-38-31(6)26-41(50-14)36(11)34(38)9)44(45(48)52-16-2)46(43,12)23-17-18-28(3)19-21-37-30(5)25-40(49-13)35(10)33(37)8/h17-27,39,43-44H,15-16H2,1-14H3/b21-19+,22-20+,23-17+,28-18+,29-24+,32-27+/t39-,43-,44+,46-/m0/s1. The Morgan fingerprint density at radius 1 is 0.731 bits per heavy atom. The molecule has 1 saturated carbocycles. The fourth-order valence-electron chi connectivity index (χ4n) is 7.71. The highest BCUT2D eigenvalue weighted by Crippen LogP contribution is 2.61. The van der Waals surface area contributed by atoms with E-state index in [1.165, 1.54) is 16.7 Å². The molecule has 2 aromatic carbocycles. The van der Waals surface area contributed by atoms with Crippen molar-refractivity contribution in [2.24, 2.45) is 23.2 Å². The summed E-state index contributed by atoms with van der Waals surface area (Å²) >= 11 is 0. The maximum Gasteiger partial charge on any atom is 0.330 e. The monoisotopic (exact) mass is 708 g/mol. The van der Waals surface area contributed by atoms with Gasteiger partial charge in [0.05, 0.1) is 33.4 Å². The zero-order valence-electron chi connectivity index (χ0n) is 33.9. The molecule has 1 aliphatic carbocycles. The number of esters is 2. The number of rotatable bonds is 14. The molecule has 280 valence electrons. The van der Waals surface area contributed by atoms with E-state index in [0.717, 1.165) is 56.0 Å². The quantitative estimate of drug-likeness (QED) is 0.111. The largest absolute Gasteiger partial charge is 0.496 e. The van der Waals surface area contributed by atoms with E-state index >= 15 is 0 Å². The molecule has 0 bridgehead atoms. The van der Waals surface area contributed by atoms with Crippen LogP contribution in [0.15, 0.2) is 71.4 Å². The van der Waals surface area contributed by atoms with Crippen molar-refractivity contribution in [1.82, 2.24) is 0 Å². The van der Waals surface area contributed by atoms with Crippen LogP contribution in [0.4, 0.5) is 0 Å². The van der Waals surface area contributed by atoms with Crippen LogP contribution in [0.2, 0.25) is 0 Å². The van der Waals surface area contributed by atoms with Crippen LogP contribution >= 0.6 is 0 Å². The minimum atomic E-state index is -0.620. The molecule has 0 heterocycles. The molecule has 0 N–H and O–H groups in total. The number of benzene rings is 2. The average Bonchev–Trinajstić information content (AvgIpc) is 3.07. The molecule has 3 rings (SSSR count). The van der Waals surface area contributed by atoms with Crippen molar-refractivity contribution < 1.29 is 28.5 Å². The Bertz CT molecular complexity index is 1830. The molecule has 0 spiro atoms. The predicted molar refractivity (Wildman–Crippen MR) is 215 cm³/mol.